The molecule has 1 heterocycles. The van der Waals surface area contributed by atoms with Gasteiger partial charge in [0.25, 0.3) is 0 Å². The molecule has 0 radical (unpaired) electrons. The van der Waals surface area contributed by atoms with E-state index in [1.54, 1.807) is 30.6 Å². The van der Waals surface area contributed by atoms with Crippen molar-refractivity contribution in [2.24, 2.45) is 0 Å². The van der Waals surface area contributed by atoms with Gasteiger partial charge in [-0.25, -0.2) is 4.39 Å². The monoisotopic (exact) mass is 245 g/mol. The second-order valence-corrected chi connectivity index (χ2v) is 4.14. The second kappa shape index (κ2) is 5.60. The lowest BCUT2D eigenvalue weighted by Crippen LogP contribution is -2.20. The highest BCUT2D eigenvalue weighted by Gasteiger charge is 2.15. The molecule has 3 nitrogen and oxygen atoms in total. The van der Waals surface area contributed by atoms with Crippen LogP contribution in [0.3, 0.4) is 0 Å². The highest BCUT2D eigenvalue weighted by Crippen LogP contribution is 2.22. The van der Waals surface area contributed by atoms with E-state index in [-0.39, 0.29) is 11.9 Å². The molecule has 3 N–H and O–H groups in total. The first-order chi connectivity index (χ1) is 8.72. The van der Waals surface area contributed by atoms with Gasteiger partial charge in [0.1, 0.15) is 5.82 Å². The molecule has 0 aliphatic rings. The van der Waals surface area contributed by atoms with Crippen LogP contribution in [0.5, 0.6) is 0 Å². The van der Waals surface area contributed by atoms with E-state index in [4.69, 9.17) is 5.73 Å². The number of halogens is 1. The quantitative estimate of drug-likeness (QED) is 0.869. The second-order valence-electron chi connectivity index (χ2n) is 4.14. The molecule has 0 bridgehead atoms. The van der Waals surface area contributed by atoms with Gasteiger partial charge in [-0.15, -0.1) is 0 Å². The lowest BCUT2D eigenvalue weighted by molar-refractivity contribution is 0.534. The van der Waals surface area contributed by atoms with E-state index in [0.29, 0.717) is 17.7 Å². The van der Waals surface area contributed by atoms with Gasteiger partial charge in [-0.2, -0.15) is 0 Å². The third-order valence-corrected chi connectivity index (χ3v) is 2.99. The molecule has 0 saturated heterocycles. The number of likely N-dealkylation sites (N-methyl/N-ethyl adjacent to an activating group) is 1. The highest BCUT2D eigenvalue weighted by atomic mass is 19.1. The van der Waals surface area contributed by atoms with Crippen molar-refractivity contribution in [3.8, 4) is 0 Å². The lowest BCUT2D eigenvalue weighted by Gasteiger charge is -2.18. The van der Waals surface area contributed by atoms with Crippen LogP contribution in [-0.2, 0) is 6.42 Å². The van der Waals surface area contributed by atoms with Crippen molar-refractivity contribution in [1.29, 1.82) is 0 Å². The first-order valence-electron chi connectivity index (χ1n) is 5.82. The summed E-state index contributed by atoms with van der Waals surface area (Å²) in [5.74, 6) is -0.209. The van der Waals surface area contributed by atoms with Crippen molar-refractivity contribution in [3.63, 3.8) is 0 Å². The van der Waals surface area contributed by atoms with E-state index in [1.807, 2.05) is 13.1 Å². The summed E-state index contributed by atoms with van der Waals surface area (Å²) in [6, 6.07) is 8.40. The number of pyridine rings is 1. The maximum atomic E-state index is 13.7. The van der Waals surface area contributed by atoms with E-state index >= 15 is 0 Å². The Labute approximate surface area is 106 Å². The Kier molecular flexibility index (Phi) is 3.89. The predicted molar refractivity (Wildman–Crippen MR) is 70.6 cm³/mol. The molecular weight excluding hydrogens is 229 g/mol. The molecule has 0 saturated carbocycles. The SMILES string of the molecule is CNC(Cc1cnccc1N)c1ccccc1F. The average Bonchev–Trinajstić information content (AvgIpc) is 2.39. The third-order valence-electron chi connectivity index (χ3n) is 2.99. The third kappa shape index (κ3) is 2.65. The number of nitrogens with two attached hydrogens (primary N) is 1. The average molecular weight is 245 g/mol. The molecule has 18 heavy (non-hydrogen) atoms. The fraction of sp³-hybridized carbons (Fsp3) is 0.214. The van der Waals surface area contributed by atoms with Gasteiger partial charge in [-0.05, 0) is 31.2 Å². The number of nitrogens with one attached hydrogen (secondary N) is 1. The number of rotatable bonds is 4. The molecule has 94 valence electrons. The molecule has 2 aromatic rings. The molecular formula is C14H16FN3. The zero-order chi connectivity index (χ0) is 13.0. The van der Waals surface area contributed by atoms with Gasteiger partial charge in [-0.1, -0.05) is 18.2 Å². The van der Waals surface area contributed by atoms with Crippen molar-refractivity contribution in [1.82, 2.24) is 10.3 Å². The largest absolute Gasteiger partial charge is 0.398 e. The molecule has 1 unspecified atom stereocenters. The first kappa shape index (κ1) is 12.5. The summed E-state index contributed by atoms with van der Waals surface area (Å²) in [5, 5.41) is 3.11. The van der Waals surface area contributed by atoms with Crippen LogP contribution in [0, 0.1) is 5.82 Å². The van der Waals surface area contributed by atoms with Gasteiger partial charge in [0.05, 0.1) is 0 Å². The van der Waals surface area contributed by atoms with Crippen molar-refractivity contribution >= 4 is 5.69 Å². The number of hydrogen-bond acceptors (Lipinski definition) is 3. The maximum Gasteiger partial charge on any atom is 0.127 e. The molecule has 0 fully saturated rings. The van der Waals surface area contributed by atoms with Crippen LogP contribution in [0.2, 0.25) is 0 Å². The Morgan fingerprint density at radius 2 is 2.11 bits per heavy atom. The summed E-state index contributed by atoms with van der Waals surface area (Å²) in [7, 11) is 1.81. The smallest absolute Gasteiger partial charge is 0.127 e. The minimum Gasteiger partial charge on any atom is -0.398 e. The van der Waals surface area contributed by atoms with Crippen LogP contribution < -0.4 is 11.1 Å². The summed E-state index contributed by atoms with van der Waals surface area (Å²) >= 11 is 0. The topological polar surface area (TPSA) is 50.9 Å². The Morgan fingerprint density at radius 1 is 1.33 bits per heavy atom. The van der Waals surface area contributed by atoms with Crippen molar-refractivity contribution in [2.75, 3.05) is 12.8 Å². The van der Waals surface area contributed by atoms with E-state index in [2.05, 4.69) is 10.3 Å². The molecule has 2 rings (SSSR count). The van der Waals surface area contributed by atoms with Crippen LogP contribution >= 0.6 is 0 Å². The van der Waals surface area contributed by atoms with E-state index in [9.17, 15) is 4.39 Å². The summed E-state index contributed by atoms with van der Waals surface area (Å²) < 4.78 is 13.7. The van der Waals surface area contributed by atoms with Gasteiger partial charge in [0, 0.05) is 29.7 Å². The van der Waals surface area contributed by atoms with Gasteiger partial charge < -0.3 is 11.1 Å². The molecule has 0 amide bonds. The Morgan fingerprint density at radius 3 is 2.78 bits per heavy atom. The summed E-state index contributed by atoms with van der Waals surface area (Å²) in [5.41, 5.74) is 8.12. The number of anilines is 1. The first-order valence-corrected chi connectivity index (χ1v) is 5.82. The molecule has 1 aromatic heterocycles. The van der Waals surface area contributed by atoms with Crippen molar-refractivity contribution < 1.29 is 4.39 Å². The van der Waals surface area contributed by atoms with Gasteiger partial charge in [0.2, 0.25) is 0 Å². The molecule has 1 aromatic carbocycles. The highest BCUT2D eigenvalue weighted by molar-refractivity contribution is 5.45. The van der Waals surface area contributed by atoms with Crippen LogP contribution in [0.1, 0.15) is 17.2 Å². The maximum absolute atomic E-state index is 13.7. The molecule has 4 heteroatoms. The fourth-order valence-corrected chi connectivity index (χ4v) is 1.95. The number of hydrogen-bond donors (Lipinski definition) is 2. The van der Waals surface area contributed by atoms with Gasteiger partial charge in [-0.3, -0.25) is 4.98 Å². The van der Waals surface area contributed by atoms with Crippen molar-refractivity contribution in [2.45, 2.75) is 12.5 Å². The number of nitrogen functional groups attached to an aromatic ring is 1. The summed E-state index contributed by atoms with van der Waals surface area (Å²) in [4.78, 5) is 4.05. The normalized spacial score (nSPS) is 12.3. The van der Waals surface area contributed by atoms with Crippen LogP contribution in [-0.4, -0.2) is 12.0 Å². The minimum absolute atomic E-state index is 0.113. The van der Waals surface area contributed by atoms with Crippen molar-refractivity contribution in [3.05, 3.63) is 59.7 Å². The number of benzene rings is 1. The standard InChI is InChI=1S/C14H16FN3/c1-17-14(11-4-2-3-5-12(11)15)8-10-9-18-7-6-13(10)16/h2-7,9,14,17H,8H2,1H3,(H2,16,18). The fourth-order valence-electron chi connectivity index (χ4n) is 1.95. The predicted octanol–water partition coefficient (Wildman–Crippen LogP) is 2.31. The zero-order valence-electron chi connectivity index (χ0n) is 10.2. The van der Waals surface area contributed by atoms with E-state index in [1.165, 1.54) is 6.07 Å². The van der Waals surface area contributed by atoms with Crippen LogP contribution in [0.15, 0.2) is 42.7 Å². The lowest BCUT2D eigenvalue weighted by atomic mass is 9.99. The summed E-state index contributed by atoms with van der Waals surface area (Å²) in [6.07, 6.45) is 3.98. The van der Waals surface area contributed by atoms with E-state index < -0.39 is 0 Å². The number of aromatic nitrogens is 1. The molecule has 0 aliphatic carbocycles. The molecule has 1 atom stereocenters. The molecule has 0 spiro atoms. The van der Waals surface area contributed by atoms with Gasteiger partial charge >= 0.3 is 0 Å². The Hall–Kier alpha value is -1.94. The molecule has 0 aliphatic heterocycles. The number of nitrogens with zero attached hydrogens (tertiary/aromatic N) is 1. The van der Waals surface area contributed by atoms with Gasteiger partial charge in [0.15, 0.2) is 0 Å². The van der Waals surface area contributed by atoms with E-state index in [0.717, 1.165) is 5.56 Å². The zero-order valence-corrected chi connectivity index (χ0v) is 10.2. The Bertz CT molecular complexity index is 528. The van der Waals surface area contributed by atoms with Crippen LogP contribution in [0.4, 0.5) is 10.1 Å². The van der Waals surface area contributed by atoms with Crippen LogP contribution in [0.25, 0.3) is 0 Å². The summed E-state index contributed by atoms with van der Waals surface area (Å²) in [6.45, 7) is 0. The Balaban J connectivity index is 2.26. The minimum atomic E-state index is -0.209.